The zero-order valence-corrected chi connectivity index (χ0v) is 11.9. The second kappa shape index (κ2) is 6.02. The Labute approximate surface area is 113 Å². The van der Waals surface area contributed by atoms with E-state index in [4.69, 9.17) is 17.3 Å². The number of benzene rings is 1. The highest BCUT2D eigenvalue weighted by Crippen LogP contribution is 2.22. The van der Waals surface area contributed by atoms with E-state index in [1.165, 1.54) is 24.3 Å². The van der Waals surface area contributed by atoms with Crippen molar-refractivity contribution in [3.05, 3.63) is 29.3 Å². The Morgan fingerprint density at radius 1 is 1.33 bits per heavy atom. The van der Waals surface area contributed by atoms with E-state index in [1.807, 2.05) is 13.8 Å². The Hall–Kier alpha value is -0.620. The highest BCUT2D eigenvalue weighted by Gasteiger charge is 2.33. The van der Waals surface area contributed by atoms with Crippen molar-refractivity contribution < 1.29 is 13.5 Å². The first-order chi connectivity index (χ1) is 8.30. The van der Waals surface area contributed by atoms with Gasteiger partial charge in [0.05, 0.1) is 4.90 Å². The fourth-order valence-corrected chi connectivity index (χ4v) is 3.13. The molecule has 0 spiro atoms. The van der Waals surface area contributed by atoms with Gasteiger partial charge in [0.2, 0.25) is 9.84 Å². The van der Waals surface area contributed by atoms with Crippen LogP contribution >= 0.6 is 11.6 Å². The van der Waals surface area contributed by atoms with Gasteiger partial charge in [0.25, 0.3) is 0 Å². The summed E-state index contributed by atoms with van der Waals surface area (Å²) in [4.78, 5) is 0.0261. The molecule has 0 radical (unpaired) electrons. The third kappa shape index (κ3) is 3.23. The van der Waals surface area contributed by atoms with Gasteiger partial charge < -0.3 is 10.8 Å². The summed E-state index contributed by atoms with van der Waals surface area (Å²) in [6.45, 7) is 3.71. The van der Waals surface area contributed by atoms with Crippen LogP contribution in [0.2, 0.25) is 5.02 Å². The minimum Gasteiger partial charge on any atom is -0.375 e. The summed E-state index contributed by atoms with van der Waals surface area (Å²) in [5, 5.41) is 10.4. The van der Waals surface area contributed by atoms with Crippen molar-refractivity contribution in [2.45, 2.75) is 36.6 Å². The van der Waals surface area contributed by atoms with Crippen LogP contribution in [0.5, 0.6) is 0 Å². The number of halogens is 1. The van der Waals surface area contributed by atoms with E-state index < -0.39 is 21.3 Å². The second-order valence-corrected chi connectivity index (χ2v) is 6.83. The van der Waals surface area contributed by atoms with Gasteiger partial charge in [0.15, 0.2) is 5.44 Å². The number of nitrogens with two attached hydrogens (primary N) is 1. The lowest BCUT2D eigenvalue weighted by molar-refractivity contribution is 0.186. The van der Waals surface area contributed by atoms with Crippen LogP contribution in [-0.2, 0) is 9.84 Å². The maximum Gasteiger partial charge on any atom is 0.206 e. The zero-order chi connectivity index (χ0) is 13.9. The summed E-state index contributed by atoms with van der Waals surface area (Å²) < 4.78 is 24.3. The number of aliphatic hydroxyl groups excluding tert-OH is 1. The maximum absolute atomic E-state index is 12.1. The number of rotatable bonds is 5. The molecule has 0 bridgehead atoms. The first kappa shape index (κ1) is 15.4. The van der Waals surface area contributed by atoms with Gasteiger partial charge in [-0.25, -0.2) is 8.42 Å². The molecule has 6 heteroatoms. The molecule has 18 heavy (non-hydrogen) atoms. The van der Waals surface area contributed by atoms with Crippen LogP contribution in [0.25, 0.3) is 0 Å². The van der Waals surface area contributed by atoms with Gasteiger partial charge in [-0.2, -0.15) is 0 Å². The third-order valence-corrected chi connectivity index (χ3v) is 5.22. The lowest BCUT2D eigenvalue weighted by Gasteiger charge is -2.24. The number of aliphatic hydroxyl groups is 1. The fourth-order valence-electron chi connectivity index (χ4n) is 1.52. The quantitative estimate of drug-likeness (QED) is 0.867. The minimum absolute atomic E-state index is 0.0261. The van der Waals surface area contributed by atoms with E-state index in [1.54, 1.807) is 0 Å². The van der Waals surface area contributed by atoms with Crippen molar-refractivity contribution in [2.75, 3.05) is 0 Å². The van der Waals surface area contributed by atoms with E-state index >= 15 is 0 Å². The topological polar surface area (TPSA) is 80.4 Å². The molecule has 1 rings (SSSR count). The summed E-state index contributed by atoms with van der Waals surface area (Å²) in [5.74, 6) is -0.0814. The molecule has 0 saturated heterocycles. The van der Waals surface area contributed by atoms with Crippen LogP contribution in [0, 0.1) is 5.92 Å². The average molecular weight is 292 g/mol. The van der Waals surface area contributed by atoms with Gasteiger partial charge in [0.1, 0.15) is 0 Å². The van der Waals surface area contributed by atoms with Gasteiger partial charge in [-0.05, 0) is 30.2 Å². The molecule has 1 aromatic carbocycles. The Balaban J connectivity index is 3.03. The Morgan fingerprint density at radius 2 is 1.83 bits per heavy atom. The van der Waals surface area contributed by atoms with Crippen molar-refractivity contribution in [3.8, 4) is 0 Å². The smallest absolute Gasteiger partial charge is 0.206 e. The molecule has 0 fully saturated rings. The molecule has 0 saturated carbocycles. The van der Waals surface area contributed by atoms with Crippen LogP contribution in [0.15, 0.2) is 29.2 Å². The van der Waals surface area contributed by atoms with Gasteiger partial charge in [-0.15, -0.1) is 0 Å². The first-order valence-electron chi connectivity index (χ1n) is 5.73. The number of hydrogen-bond donors (Lipinski definition) is 2. The average Bonchev–Trinajstić information content (AvgIpc) is 2.36. The molecular formula is C12H18ClNO3S. The second-order valence-electron chi connectivity index (χ2n) is 4.35. The van der Waals surface area contributed by atoms with E-state index in [0.717, 1.165) is 0 Å². The van der Waals surface area contributed by atoms with Crippen LogP contribution in [0.3, 0.4) is 0 Å². The van der Waals surface area contributed by atoms with Crippen molar-refractivity contribution >= 4 is 21.4 Å². The van der Waals surface area contributed by atoms with E-state index in [0.29, 0.717) is 11.4 Å². The molecule has 0 unspecified atom stereocenters. The van der Waals surface area contributed by atoms with E-state index in [2.05, 4.69) is 0 Å². The van der Waals surface area contributed by atoms with Crippen molar-refractivity contribution in [1.82, 2.24) is 0 Å². The fraction of sp³-hybridized carbons (Fsp3) is 0.500. The largest absolute Gasteiger partial charge is 0.375 e. The monoisotopic (exact) mass is 291 g/mol. The van der Waals surface area contributed by atoms with E-state index in [9.17, 15) is 13.5 Å². The zero-order valence-electron chi connectivity index (χ0n) is 10.4. The van der Waals surface area contributed by atoms with Crippen LogP contribution in [0.4, 0.5) is 0 Å². The summed E-state index contributed by atoms with van der Waals surface area (Å²) in [6, 6.07) is 4.86. The van der Waals surface area contributed by atoms with Crippen molar-refractivity contribution in [2.24, 2.45) is 11.7 Å². The lowest BCUT2D eigenvalue weighted by Crippen LogP contribution is -2.44. The SMILES string of the molecule is CC[C@H](C)[C@H](N)[C@@H](O)S(=O)(=O)c1ccc(Cl)cc1. The lowest BCUT2D eigenvalue weighted by atomic mass is 10.0. The Kier molecular flexibility index (Phi) is 5.16. The summed E-state index contributed by atoms with van der Waals surface area (Å²) >= 11 is 5.69. The van der Waals surface area contributed by atoms with Crippen LogP contribution < -0.4 is 5.73 Å². The first-order valence-corrected chi connectivity index (χ1v) is 7.66. The highest BCUT2D eigenvalue weighted by atomic mass is 35.5. The van der Waals surface area contributed by atoms with Crippen LogP contribution in [0.1, 0.15) is 20.3 Å². The Morgan fingerprint density at radius 3 is 2.28 bits per heavy atom. The van der Waals surface area contributed by atoms with E-state index in [-0.39, 0.29) is 10.8 Å². The highest BCUT2D eigenvalue weighted by molar-refractivity contribution is 7.92. The van der Waals surface area contributed by atoms with Gasteiger partial charge >= 0.3 is 0 Å². The molecule has 0 aliphatic heterocycles. The predicted octanol–water partition coefficient (Wildman–Crippen LogP) is 1.81. The molecule has 0 aromatic heterocycles. The molecule has 3 N–H and O–H groups in total. The number of hydrogen-bond acceptors (Lipinski definition) is 4. The van der Waals surface area contributed by atoms with Crippen molar-refractivity contribution in [3.63, 3.8) is 0 Å². The Bertz CT molecular complexity index is 487. The molecular weight excluding hydrogens is 274 g/mol. The predicted molar refractivity (Wildman–Crippen MR) is 72.1 cm³/mol. The molecule has 0 amide bonds. The third-order valence-electron chi connectivity index (χ3n) is 3.09. The standard InChI is InChI=1S/C12H18ClNO3S/c1-3-8(2)11(14)12(15)18(16,17)10-6-4-9(13)5-7-10/h4-8,11-12,15H,3,14H2,1-2H3/t8-,11-,12-/m0/s1. The molecule has 1 aromatic rings. The molecule has 0 aliphatic carbocycles. The summed E-state index contributed by atoms with van der Waals surface area (Å²) in [7, 11) is -3.84. The number of sulfone groups is 1. The van der Waals surface area contributed by atoms with Crippen LogP contribution in [-0.4, -0.2) is 25.0 Å². The molecule has 0 aliphatic rings. The molecule has 0 heterocycles. The normalized spacial score (nSPS) is 17.2. The van der Waals surface area contributed by atoms with Gasteiger partial charge in [0, 0.05) is 11.1 Å². The molecule has 4 nitrogen and oxygen atoms in total. The van der Waals surface area contributed by atoms with Gasteiger partial charge in [-0.3, -0.25) is 0 Å². The summed E-state index contributed by atoms with van der Waals surface area (Å²) in [5.41, 5.74) is 4.17. The van der Waals surface area contributed by atoms with Crippen molar-refractivity contribution in [1.29, 1.82) is 0 Å². The van der Waals surface area contributed by atoms with Gasteiger partial charge in [-0.1, -0.05) is 31.9 Å². The minimum atomic E-state index is -3.84. The molecule has 3 atom stereocenters. The molecule has 102 valence electrons. The maximum atomic E-state index is 12.1. The summed E-state index contributed by atoms with van der Waals surface area (Å²) in [6.07, 6.45) is 0.703.